The first-order valence-corrected chi connectivity index (χ1v) is 11.7. The van der Waals surface area contributed by atoms with E-state index in [9.17, 15) is 14.0 Å². The number of carbonyl (C=O) groups is 2. The predicted octanol–water partition coefficient (Wildman–Crippen LogP) is 2.21. The summed E-state index contributed by atoms with van der Waals surface area (Å²) in [5, 5.41) is 5.40. The average molecular weight is 464 g/mol. The molecule has 2 amide bonds. The van der Waals surface area contributed by atoms with E-state index in [1.807, 2.05) is 6.92 Å². The number of alkyl halides is 3. The fraction of sp³-hybridized carbons (Fsp3) is 0.905. The van der Waals surface area contributed by atoms with E-state index < -0.39 is 34.9 Å². The summed E-state index contributed by atoms with van der Waals surface area (Å²) in [6.45, 7) is 1.75. The normalized spacial score (nSPS) is 44.8. The molecule has 2 bridgehead atoms. The van der Waals surface area contributed by atoms with Crippen molar-refractivity contribution in [3.63, 3.8) is 0 Å². The molecule has 0 aromatic heterocycles. The summed E-state index contributed by atoms with van der Waals surface area (Å²) in [7, 11) is 0. The summed E-state index contributed by atoms with van der Waals surface area (Å²) in [5.74, 6) is -0.599. The number of hydroxylamine groups is 1. The first kappa shape index (κ1) is 23.1. The number of halogens is 3. The summed E-state index contributed by atoms with van der Waals surface area (Å²) in [5.41, 5.74) is 1.25. The van der Waals surface area contributed by atoms with Crippen molar-refractivity contribution in [2.45, 2.75) is 112 Å². The molecule has 6 atom stereocenters. The van der Waals surface area contributed by atoms with Gasteiger partial charge in [0.2, 0.25) is 5.91 Å². The number of carbonyl (C=O) groups excluding carboxylic acids is 2. The van der Waals surface area contributed by atoms with Crippen molar-refractivity contribution in [2.75, 3.05) is 6.61 Å². The highest BCUT2D eigenvalue weighted by Crippen LogP contribution is 2.48. The van der Waals surface area contributed by atoms with E-state index in [1.165, 1.54) is 0 Å². The smallest absolute Gasteiger partial charge is 0.251 e. The van der Waals surface area contributed by atoms with Crippen LogP contribution in [0.3, 0.4) is 0 Å². The third kappa shape index (κ3) is 4.99. The first-order chi connectivity index (χ1) is 14.7. The van der Waals surface area contributed by atoms with Gasteiger partial charge in [0.15, 0.2) is 6.10 Å². The van der Waals surface area contributed by atoms with Crippen LogP contribution in [0.5, 0.6) is 0 Å². The van der Waals surface area contributed by atoms with Crippen LogP contribution in [0.1, 0.15) is 64.7 Å². The minimum absolute atomic E-state index is 0.0815. The lowest BCUT2D eigenvalue weighted by Gasteiger charge is -2.55. The lowest BCUT2D eigenvalue weighted by Crippen LogP contribution is -2.70. The van der Waals surface area contributed by atoms with Gasteiger partial charge >= 0.3 is 0 Å². The van der Waals surface area contributed by atoms with Gasteiger partial charge in [-0.1, -0.05) is 0 Å². The van der Waals surface area contributed by atoms with Crippen molar-refractivity contribution < 1.29 is 27.9 Å². The van der Waals surface area contributed by atoms with E-state index in [0.29, 0.717) is 44.9 Å². The van der Waals surface area contributed by atoms with Crippen molar-refractivity contribution in [1.29, 1.82) is 0 Å². The van der Waals surface area contributed by atoms with Crippen LogP contribution in [0.2, 0.25) is 0 Å². The molecule has 31 heavy (non-hydrogen) atoms. The second-order valence-corrected chi connectivity index (χ2v) is 10.3. The van der Waals surface area contributed by atoms with Crippen molar-refractivity contribution in [3.05, 3.63) is 0 Å². The van der Waals surface area contributed by atoms with Gasteiger partial charge in [-0.3, -0.25) is 14.4 Å². The number of hydrogen-bond donors (Lipinski definition) is 3. The second-order valence-electron chi connectivity index (χ2n) is 9.78. The summed E-state index contributed by atoms with van der Waals surface area (Å²) in [6.07, 6.45) is 0.835. The Kier molecular flexibility index (Phi) is 6.77. The Labute approximate surface area is 186 Å². The van der Waals surface area contributed by atoms with Gasteiger partial charge in [-0.2, -0.15) is 5.48 Å². The Morgan fingerprint density at radius 3 is 2.52 bits per heavy atom. The highest BCUT2D eigenvalue weighted by atomic mass is 35.5. The maximum atomic E-state index is 15.2. The minimum atomic E-state index is -1.25. The standard InChI is InChI=1S/C21H32ClF2N3O4/c1-12-8-16(31-27-12)19(29)26-21-6-4-20(5-7-21,10-17(21)24)25-18(28)11-30-13-2-3-14(22)15(23)9-13/h12-17,27H,2-11H2,1H3,(H,25,28)(H,26,29). The number of ether oxygens (including phenoxy) is 1. The molecule has 1 heterocycles. The molecule has 4 aliphatic carbocycles. The molecule has 0 aromatic rings. The van der Waals surface area contributed by atoms with Crippen LogP contribution >= 0.6 is 11.6 Å². The first-order valence-electron chi connectivity index (χ1n) is 11.3. The molecule has 3 N–H and O–H groups in total. The van der Waals surface area contributed by atoms with Crippen LogP contribution in [0.25, 0.3) is 0 Å². The highest BCUT2D eigenvalue weighted by Gasteiger charge is 2.56. The van der Waals surface area contributed by atoms with Crippen molar-refractivity contribution in [3.8, 4) is 0 Å². The molecule has 0 radical (unpaired) electrons. The topological polar surface area (TPSA) is 88.7 Å². The number of nitrogens with one attached hydrogen (secondary N) is 3. The Bertz CT molecular complexity index is 692. The quantitative estimate of drug-likeness (QED) is 0.526. The lowest BCUT2D eigenvalue weighted by molar-refractivity contribution is -0.141. The van der Waals surface area contributed by atoms with E-state index in [4.69, 9.17) is 21.2 Å². The monoisotopic (exact) mass is 463 g/mol. The van der Waals surface area contributed by atoms with E-state index in [1.54, 1.807) is 0 Å². The average Bonchev–Trinajstić information content (AvgIpc) is 3.17. The van der Waals surface area contributed by atoms with Crippen LogP contribution in [0.4, 0.5) is 8.78 Å². The van der Waals surface area contributed by atoms with Gasteiger partial charge in [0.05, 0.1) is 17.0 Å². The van der Waals surface area contributed by atoms with Crippen molar-refractivity contribution >= 4 is 23.4 Å². The number of amides is 2. The van der Waals surface area contributed by atoms with Gasteiger partial charge < -0.3 is 15.4 Å². The van der Waals surface area contributed by atoms with Crippen LogP contribution in [0, 0.1) is 0 Å². The third-order valence-corrected chi connectivity index (χ3v) is 7.90. The van der Waals surface area contributed by atoms with Gasteiger partial charge in [0.25, 0.3) is 5.91 Å². The maximum absolute atomic E-state index is 15.2. The number of rotatable bonds is 6. The molecule has 1 saturated heterocycles. The Morgan fingerprint density at radius 2 is 1.90 bits per heavy atom. The van der Waals surface area contributed by atoms with Gasteiger partial charge in [-0.15, -0.1) is 11.6 Å². The minimum Gasteiger partial charge on any atom is -0.368 e. The molecule has 1 aliphatic heterocycles. The SMILES string of the molecule is CC1CC(C(=O)NC23CCC(NC(=O)COC4CCC(Cl)C(F)C4)(CC2)CC3F)ON1. The van der Waals surface area contributed by atoms with E-state index >= 15 is 4.39 Å². The lowest BCUT2D eigenvalue weighted by atomic mass is 9.60. The molecular weight excluding hydrogens is 432 g/mol. The Morgan fingerprint density at radius 1 is 1.16 bits per heavy atom. The fourth-order valence-corrected chi connectivity index (χ4v) is 5.66. The van der Waals surface area contributed by atoms with Gasteiger partial charge in [0.1, 0.15) is 19.0 Å². The fourth-order valence-electron chi connectivity index (χ4n) is 5.43. The zero-order chi connectivity index (χ0) is 22.2. The molecule has 5 fully saturated rings. The number of hydrogen-bond acceptors (Lipinski definition) is 5. The van der Waals surface area contributed by atoms with Crippen LogP contribution in [0.15, 0.2) is 0 Å². The molecule has 4 saturated carbocycles. The molecule has 10 heteroatoms. The molecule has 0 spiro atoms. The van der Waals surface area contributed by atoms with Gasteiger partial charge in [-0.05, 0) is 45.4 Å². The summed E-state index contributed by atoms with van der Waals surface area (Å²) < 4.78 is 34.5. The molecule has 0 aromatic carbocycles. The molecule has 176 valence electrons. The Balaban J connectivity index is 1.26. The zero-order valence-corrected chi connectivity index (χ0v) is 18.6. The highest BCUT2D eigenvalue weighted by molar-refractivity contribution is 6.21. The summed E-state index contributed by atoms with van der Waals surface area (Å²) in [6, 6.07) is 0.0815. The van der Waals surface area contributed by atoms with E-state index in [-0.39, 0.29) is 43.4 Å². The zero-order valence-electron chi connectivity index (χ0n) is 17.8. The maximum Gasteiger partial charge on any atom is 0.251 e. The number of fused-ring (bicyclic) bond motifs is 3. The van der Waals surface area contributed by atoms with Gasteiger partial charge in [-0.25, -0.2) is 8.78 Å². The van der Waals surface area contributed by atoms with Crippen molar-refractivity contribution in [1.82, 2.24) is 16.1 Å². The molecule has 7 nitrogen and oxygen atoms in total. The molecule has 6 unspecified atom stereocenters. The largest absolute Gasteiger partial charge is 0.368 e. The van der Waals surface area contributed by atoms with Crippen molar-refractivity contribution in [2.24, 2.45) is 0 Å². The predicted molar refractivity (Wildman–Crippen MR) is 110 cm³/mol. The molecule has 5 aliphatic rings. The van der Waals surface area contributed by atoms with Crippen LogP contribution < -0.4 is 16.1 Å². The Hall–Kier alpha value is -1.03. The molecular formula is C21H32ClF2N3O4. The third-order valence-electron chi connectivity index (χ3n) is 7.41. The van der Waals surface area contributed by atoms with Crippen LogP contribution in [-0.4, -0.2) is 65.5 Å². The van der Waals surface area contributed by atoms with Crippen LogP contribution in [-0.2, 0) is 19.2 Å². The summed E-state index contributed by atoms with van der Waals surface area (Å²) in [4.78, 5) is 30.3. The van der Waals surface area contributed by atoms with E-state index in [0.717, 1.165) is 0 Å². The van der Waals surface area contributed by atoms with E-state index in [2.05, 4.69) is 16.1 Å². The van der Waals surface area contributed by atoms with Gasteiger partial charge in [0, 0.05) is 30.8 Å². The second kappa shape index (κ2) is 9.08. The molecule has 5 rings (SSSR count). The summed E-state index contributed by atoms with van der Waals surface area (Å²) >= 11 is 5.88.